The van der Waals surface area contributed by atoms with Gasteiger partial charge in [0.2, 0.25) is 5.91 Å². The summed E-state index contributed by atoms with van der Waals surface area (Å²) in [7, 11) is 0. The van der Waals surface area contributed by atoms with E-state index in [1.54, 1.807) is 17.0 Å². The van der Waals surface area contributed by atoms with Crippen molar-refractivity contribution in [2.24, 2.45) is 11.8 Å². The molecule has 7 heteroatoms. The number of aliphatic carboxylic acids is 1. The molecule has 0 radical (unpaired) electrons. The van der Waals surface area contributed by atoms with Crippen molar-refractivity contribution in [1.82, 2.24) is 4.90 Å². The van der Waals surface area contributed by atoms with Crippen molar-refractivity contribution >= 4 is 17.6 Å². The number of nitrogens with zero attached hydrogens (tertiary/aromatic N) is 2. The Kier molecular flexibility index (Phi) is 5.54. The van der Waals surface area contributed by atoms with Crippen molar-refractivity contribution in [3.05, 3.63) is 39.9 Å². The van der Waals surface area contributed by atoms with Crippen molar-refractivity contribution in [3.63, 3.8) is 0 Å². The van der Waals surface area contributed by atoms with Gasteiger partial charge in [-0.05, 0) is 38.7 Å². The van der Waals surface area contributed by atoms with Gasteiger partial charge in [-0.15, -0.1) is 0 Å². The SMILES string of the molecule is CC(C)N(Cc1ccc([N+](=O)[O-])cc1)C(=O)[C@@H]1CC[C@H](C(=O)O)C1. The summed E-state index contributed by atoms with van der Waals surface area (Å²) in [6.07, 6.45) is 1.52. The zero-order valence-electron chi connectivity index (χ0n) is 13.8. The Morgan fingerprint density at radius 1 is 1.25 bits per heavy atom. The Bertz CT molecular complexity index is 626. The number of hydrogen-bond acceptors (Lipinski definition) is 4. The zero-order valence-corrected chi connectivity index (χ0v) is 13.8. The molecular weight excluding hydrogens is 312 g/mol. The summed E-state index contributed by atoms with van der Waals surface area (Å²) >= 11 is 0. The van der Waals surface area contributed by atoms with Crippen molar-refractivity contribution < 1.29 is 19.6 Å². The molecule has 0 bridgehead atoms. The molecule has 1 aliphatic rings. The minimum Gasteiger partial charge on any atom is -0.481 e. The molecule has 2 rings (SSSR count). The first-order valence-corrected chi connectivity index (χ1v) is 8.06. The predicted molar refractivity (Wildman–Crippen MR) is 87.2 cm³/mol. The second kappa shape index (κ2) is 7.42. The summed E-state index contributed by atoms with van der Waals surface area (Å²) < 4.78 is 0. The molecule has 1 aromatic carbocycles. The van der Waals surface area contributed by atoms with Crippen LogP contribution in [0.2, 0.25) is 0 Å². The number of carbonyl (C=O) groups excluding carboxylic acids is 1. The highest BCUT2D eigenvalue weighted by Crippen LogP contribution is 2.33. The van der Waals surface area contributed by atoms with Gasteiger partial charge in [-0.1, -0.05) is 12.1 Å². The smallest absolute Gasteiger partial charge is 0.306 e. The van der Waals surface area contributed by atoms with Crippen LogP contribution in [-0.4, -0.2) is 32.8 Å². The molecule has 1 amide bonds. The summed E-state index contributed by atoms with van der Waals surface area (Å²) in [4.78, 5) is 35.8. The Morgan fingerprint density at radius 3 is 2.29 bits per heavy atom. The van der Waals surface area contributed by atoms with E-state index < -0.39 is 16.8 Å². The number of hydrogen-bond donors (Lipinski definition) is 1. The van der Waals surface area contributed by atoms with E-state index in [4.69, 9.17) is 5.11 Å². The van der Waals surface area contributed by atoms with E-state index in [2.05, 4.69) is 0 Å². The molecule has 1 saturated carbocycles. The van der Waals surface area contributed by atoms with Crippen LogP contribution in [0.1, 0.15) is 38.7 Å². The molecule has 130 valence electrons. The van der Waals surface area contributed by atoms with Crippen LogP contribution in [-0.2, 0) is 16.1 Å². The van der Waals surface area contributed by atoms with E-state index in [0.717, 1.165) is 5.56 Å². The van der Waals surface area contributed by atoms with E-state index in [9.17, 15) is 19.7 Å². The number of amides is 1. The lowest BCUT2D eigenvalue weighted by atomic mass is 10.0. The molecule has 1 N–H and O–H groups in total. The molecule has 1 fully saturated rings. The third-order valence-electron chi connectivity index (χ3n) is 4.54. The zero-order chi connectivity index (χ0) is 17.9. The average molecular weight is 334 g/mol. The minimum absolute atomic E-state index is 0.0151. The molecule has 0 aromatic heterocycles. The molecule has 7 nitrogen and oxygen atoms in total. The van der Waals surface area contributed by atoms with Gasteiger partial charge in [-0.3, -0.25) is 19.7 Å². The maximum absolute atomic E-state index is 12.8. The normalized spacial score (nSPS) is 20.1. The van der Waals surface area contributed by atoms with Gasteiger partial charge >= 0.3 is 5.97 Å². The molecule has 0 spiro atoms. The van der Waals surface area contributed by atoms with Crippen LogP contribution in [0.15, 0.2) is 24.3 Å². The van der Waals surface area contributed by atoms with Gasteiger partial charge in [0, 0.05) is 30.6 Å². The lowest BCUT2D eigenvalue weighted by molar-refractivity contribution is -0.384. The Balaban J connectivity index is 2.07. The first kappa shape index (κ1) is 17.9. The molecular formula is C17H22N2O5. The van der Waals surface area contributed by atoms with Gasteiger partial charge in [0.1, 0.15) is 0 Å². The van der Waals surface area contributed by atoms with Gasteiger partial charge < -0.3 is 10.0 Å². The maximum Gasteiger partial charge on any atom is 0.306 e. The topological polar surface area (TPSA) is 101 Å². The Labute approximate surface area is 140 Å². The van der Waals surface area contributed by atoms with Crippen LogP contribution >= 0.6 is 0 Å². The molecule has 1 aromatic rings. The molecule has 0 heterocycles. The minimum atomic E-state index is -0.836. The Hall–Kier alpha value is -2.44. The number of nitro benzene ring substituents is 1. The molecule has 24 heavy (non-hydrogen) atoms. The molecule has 2 atom stereocenters. The largest absolute Gasteiger partial charge is 0.481 e. The molecule has 0 unspecified atom stereocenters. The fraction of sp³-hybridized carbons (Fsp3) is 0.529. The number of nitro groups is 1. The van der Waals surface area contributed by atoms with Crippen LogP contribution in [0, 0.1) is 22.0 Å². The molecule has 1 aliphatic carbocycles. The number of rotatable bonds is 6. The van der Waals surface area contributed by atoms with Crippen molar-refractivity contribution in [1.29, 1.82) is 0 Å². The van der Waals surface area contributed by atoms with Gasteiger partial charge in [0.15, 0.2) is 0 Å². The summed E-state index contributed by atoms with van der Waals surface area (Å²) in [6, 6.07) is 6.12. The van der Waals surface area contributed by atoms with E-state index in [1.807, 2.05) is 13.8 Å². The predicted octanol–water partition coefficient (Wildman–Crippen LogP) is 2.83. The van der Waals surface area contributed by atoms with Crippen LogP contribution in [0.25, 0.3) is 0 Å². The number of carboxylic acids is 1. The highest BCUT2D eigenvalue weighted by Gasteiger charge is 2.36. The van der Waals surface area contributed by atoms with Crippen LogP contribution < -0.4 is 0 Å². The number of benzene rings is 1. The van der Waals surface area contributed by atoms with Crippen LogP contribution in [0.5, 0.6) is 0 Å². The number of carboxylic acid groups (broad SMARTS) is 1. The van der Waals surface area contributed by atoms with Gasteiger partial charge in [0.25, 0.3) is 5.69 Å². The van der Waals surface area contributed by atoms with E-state index in [-0.39, 0.29) is 23.6 Å². The summed E-state index contributed by atoms with van der Waals surface area (Å²) in [6.45, 7) is 4.18. The fourth-order valence-electron chi connectivity index (χ4n) is 3.10. The first-order chi connectivity index (χ1) is 11.3. The summed E-state index contributed by atoms with van der Waals surface area (Å²) in [5.74, 6) is -1.57. The first-order valence-electron chi connectivity index (χ1n) is 8.06. The molecule has 0 aliphatic heterocycles. The second-order valence-electron chi connectivity index (χ2n) is 6.53. The van der Waals surface area contributed by atoms with Gasteiger partial charge in [-0.25, -0.2) is 0 Å². The fourth-order valence-corrected chi connectivity index (χ4v) is 3.10. The van der Waals surface area contributed by atoms with Gasteiger partial charge in [0.05, 0.1) is 10.8 Å². The number of carbonyl (C=O) groups is 2. The van der Waals surface area contributed by atoms with Crippen molar-refractivity contribution in [2.45, 2.75) is 45.7 Å². The van der Waals surface area contributed by atoms with Crippen molar-refractivity contribution in [3.8, 4) is 0 Å². The van der Waals surface area contributed by atoms with Crippen LogP contribution in [0.4, 0.5) is 5.69 Å². The maximum atomic E-state index is 12.8. The Morgan fingerprint density at radius 2 is 1.83 bits per heavy atom. The summed E-state index contributed by atoms with van der Waals surface area (Å²) in [5, 5.41) is 19.8. The second-order valence-corrected chi connectivity index (χ2v) is 6.53. The lowest BCUT2D eigenvalue weighted by Gasteiger charge is -2.29. The third kappa shape index (κ3) is 4.10. The highest BCUT2D eigenvalue weighted by molar-refractivity contribution is 5.81. The lowest BCUT2D eigenvalue weighted by Crippen LogP contribution is -2.40. The van der Waals surface area contributed by atoms with Gasteiger partial charge in [-0.2, -0.15) is 0 Å². The van der Waals surface area contributed by atoms with Crippen LogP contribution in [0.3, 0.4) is 0 Å². The van der Waals surface area contributed by atoms with Crippen molar-refractivity contribution in [2.75, 3.05) is 0 Å². The van der Waals surface area contributed by atoms with E-state index in [0.29, 0.717) is 25.8 Å². The summed E-state index contributed by atoms with van der Waals surface area (Å²) in [5.41, 5.74) is 0.830. The molecule has 0 saturated heterocycles. The van der Waals surface area contributed by atoms with E-state index in [1.165, 1.54) is 12.1 Å². The highest BCUT2D eigenvalue weighted by atomic mass is 16.6. The standard InChI is InChI=1S/C17H22N2O5/c1-11(2)18(10-12-3-7-15(8-4-12)19(23)24)16(20)13-5-6-14(9-13)17(21)22/h3-4,7-8,11,13-14H,5-6,9-10H2,1-2H3,(H,21,22)/t13-,14+/m1/s1. The average Bonchev–Trinajstić information content (AvgIpc) is 3.02. The quantitative estimate of drug-likeness (QED) is 0.637. The number of non-ortho nitro benzene ring substituents is 1. The third-order valence-corrected chi connectivity index (χ3v) is 4.54. The monoisotopic (exact) mass is 334 g/mol. The van der Waals surface area contributed by atoms with E-state index >= 15 is 0 Å².